The zero-order chi connectivity index (χ0) is 20.5. The van der Waals surface area contributed by atoms with Crippen LogP contribution in [0.15, 0.2) is 12.1 Å². The number of ether oxygens (including phenoxy) is 1. The molecule has 1 aliphatic heterocycles. The van der Waals surface area contributed by atoms with Gasteiger partial charge in [0.05, 0.1) is 0 Å². The Morgan fingerprint density at radius 3 is 2.64 bits per heavy atom. The van der Waals surface area contributed by atoms with Crippen LogP contribution in [-0.4, -0.2) is 17.7 Å². The number of carbonyl (C=O) groups excluding carboxylic acids is 2. The lowest BCUT2D eigenvalue weighted by atomic mass is 9.65. The Morgan fingerprint density at radius 2 is 1.96 bits per heavy atom. The molecule has 3 heteroatoms. The van der Waals surface area contributed by atoms with Crippen molar-refractivity contribution in [1.82, 2.24) is 0 Å². The van der Waals surface area contributed by atoms with Gasteiger partial charge in [-0.25, -0.2) is 0 Å². The third-order valence-corrected chi connectivity index (χ3v) is 7.04. The lowest BCUT2D eigenvalue weighted by molar-refractivity contribution is -0.124. The molecule has 0 spiro atoms. The number of fused-ring (bicyclic) bond motifs is 3. The lowest BCUT2D eigenvalue weighted by Gasteiger charge is -2.47. The molecule has 0 radical (unpaired) electrons. The van der Waals surface area contributed by atoms with Gasteiger partial charge in [-0.05, 0) is 49.8 Å². The Morgan fingerprint density at radius 1 is 1.21 bits per heavy atom. The van der Waals surface area contributed by atoms with Crippen molar-refractivity contribution in [3.8, 4) is 5.75 Å². The molecule has 0 bridgehead atoms. The van der Waals surface area contributed by atoms with Crippen LogP contribution < -0.4 is 4.74 Å². The number of benzene rings is 1. The fourth-order valence-corrected chi connectivity index (χ4v) is 5.26. The van der Waals surface area contributed by atoms with Crippen LogP contribution >= 0.6 is 0 Å². The highest BCUT2D eigenvalue weighted by atomic mass is 16.5. The van der Waals surface area contributed by atoms with E-state index in [1.807, 2.05) is 0 Å². The van der Waals surface area contributed by atoms with E-state index in [4.69, 9.17) is 4.74 Å². The number of aldehydes is 1. The van der Waals surface area contributed by atoms with Gasteiger partial charge in [-0.15, -0.1) is 0 Å². The van der Waals surface area contributed by atoms with Gasteiger partial charge >= 0.3 is 0 Å². The zero-order valence-corrected chi connectivity index (χ0v) is 18.3. The molecule has 3 rings (SSSR count). The predicted molar refractivity (Wildman–Crippen MR) is 113 cm³/mol. The van der Waals surface area contributed by atoms with Crippen LogP contribution in [0, 0.1) is 5.92 Å². The number of rotatable bonds is 7. The maximum absolute atomic E-state index is 12.2. The molecule has 1 aromatic carbocycles. The van der Waals surface area contributed by atoms with Gasteiger partial charge in [-0.3, -0.25) is 9.59 Å². The van der Waals surface area contributed by atoms with Gasteiger partial charge in [-0.1, -0.05) is 46.5 Å². The van der Waals surface area contributed by atoms with E-state index < -0.39 is 0 Å². The molecule has 0 aromatic heterocycles. The molecule has 1 aliphatic carbocycles. The first-order valence-corrected chi connectivity index (χ1v) is 11.0. The van der Waals surface area contributed by atoms with E-state index in [-0.39, 0.29) is 22.9 Å². The van der Waals surface area contributed by atoms with Gasteiger partial charge in [-0.2, -0.15) is 0 Å². The summed E-state index contributed by atoms with van der Waals surface area (Å²) in [6.07, 6.45) is 9.02. The lowest BCUT2D eigenvalue weighted by Crippen LogP contribution is -2.47. The molecule has 154 valence electrons. The largest absolute Gasteiger partial charge is 0.487 e. The SMILES string of the molecule is CCCCCCC(C)(C)c1cc(C=O)c2c(c1)OC(C)(C)C1CCC(=O)CC21. The minimum atomic E-state index is -0.317. The van der Waals surface area contributed by atoms with Crippen molar-refractivity contribution >= 4 is 12.1 Å². The average molecular weight is 385 g/mol. The van der Waals surface area contributed by atoms with Crippen LogP contribution in [-0.2, 0) is 10.2 Å². The summed E-state index contributed by atoms with van der Waals surface area (Å²) in [5.74, 6) is 1.51. The standard InChI is InChI=1S/C25H36O3/c1-6-7-8-9-12-24(2,3)18-13-17(16-26)23-20-15-19(27)10-11-21(20)25(4,5)28-22(23)14-18/h13-14,16,20-21H,6-12,15H2,1-5H3. The van der Waals surface area contributed by atoms with Crippen LogP contribution in [0.4, 0.5) is 0 Å². The fraction of sp³-hybridized carbons (Fsp3) is 0.680. The van der Waals surface area contributed by atoms with E-state index in [2.05, 4.69) is 46.8 Å². The highest BCUT2D eigenvalue weighted by molar-refractivity contribution is 5.84. The first kappa shape index (κ1) is 21.1. The van der Waals surface area contributed by atoms with Gasteiger partial charge in [0.2, 0.25) is 0 Å². The summed E-state index contributed by atoms with van der Waals surface area (Å²) in [7, 11) is 0. The number of ketones is 1. The number of carbonyl (C=O) groups is 2. The number of hydrogen-bond acceptors (Lipinski definition) is 3. The van der Waals surface area contributed by atoms with Gasteiger partial charge < -0.3 is 4.74 Å². The van der Waals surface area contributed by atoms with E-state index in [0.29, 0.717) is 24.2 Å². The summed E-state index contributed by atoms with van der Waals surface area (Å²) in [6.45, 7) is 11.0. The second-order valence-electron chi connectivity index (χ2n) is 9.99. The summed E-state index contributed by atoms with van der Waals surface area (Å²) in [5.41, 5.74) is 2.53. The quantitative estimate of drug-likeness (QED) is 0.405. The van der Waals surface area contributed by atoms with Gasteiger partial charge in [0.15, 0.2) is 0 Å². The summed E-state index contributed by atoms with van der Waals surface area (Å²) in [6, 6.07) is 4.21. The van der Waals surface area contributed by atoms with Crippen molar-refractivity contribution in [1.29, 1.82) is 0 Å². The monoisotopic (exact) mass is 384 g/mol. The Hall–Kier alpha value is -1.64. The summed E-state index contributed by atoms with van der Waals surface area (Å²) >= 11 is 0. The normalized spacial score (nSPS) is 23.5. The number of hydrogen-bond donors (Lipinski definition) is 0. The second-order valence-corrected chi connectivity index (χ2v) is 9.99. The molecule has 1 heterocycles. The topological polar surface area (TPSA) is 43.4 Å². The second kappa shape index (κ2) is 8.00. The van der Waals surface area contributed by atoms with Crippen LogP contribution in [0.1, 0.15) is 113 Å². The highest BCUT2D eigenvalue weighted by Gasteiger charge is 2.47. The Bertz CT molecular complexity index is 744. The van der Waals surface area contributed by atoms with Crippen molar-refractivity contribution in [2.24, 2.45) is 5.92 Å². The molecule has 2 atom stereocenters. The molecule has 0 amide bonds. The summed E-state index contributed by atoms with van der Waals surface area (Å²) in [5, 5.41) is 0. The van der Waals surface area contributed by atoms with E-state index in [1.165, 1.54) is 31.2 Å². The van der Waals surface area contributed by atoms with Crippen LogP contribution in [0.25, 0.3) is 0 Å². The summed E-state index contributed by atoms with van der Waals surface area (Å²) < 4.78 is 6.48. The minimum absolute atomic E-state index is 0.00668. The maximum Gasteiger partial charge on any atom is 0.150 e. The molecule has 0 N–H and O–H groups in total. The fourth-order valence-electron chi connectivity index (χ4n) is 5.26. The molecule has 1 fully saturated rings. The van der Waals surface area contributed by atoms with Gasteiger partial charge in [0.25, 0.3) is 0 Å². The molecule has 1 saturated carbocycles. The van der Waals surface area contributed by atoms with Crippen molar-refractivity contribution < 1.29 is 14.3 Å². The molecule has 2 aliphatic rings. The van der Waals surface area contributed by atoms with Crippen molar-refractivity contribution in [3.05, 3.63) is 28.8 Å². The smallest absolute Gasteiger partial charge is 0.150 e. The molecule has 3 nitrogen and oxygen atoms in total. The summed E-state index contributed by atoms with van der Waals surface area (Å²) in [4.78, 5) is 24.2. The van der Waals surface area contributed by atoms with Gasteiger partial charge in [0.1, 0.15) is 23.4 Å². The number of unbranched alkanes of at least 4 members (excludes halogenated alkanes) is 3. The average Bonchev–Trinajstić information content (AvgIpc) is 2.63. The van der Waals surface area contributed by atoms with Crippen LogP contribution in [0.2, 0.25) is 0 Å². The van der Waals surface area contributed by atoms with E-state index in [9.17, 15) is 9.59 Å². The van der Waals surface area contributed by atoms with E-state index in [0.717, 1.165) is 30.4 Å². The molecule has 2 unspecified atom stereocenters. The van der Waals surface area contributed by atoms with E-state index in [1.54, 1.807) is 0 Å². The highest BCUT2D eigenvalue weighted by Crippen LogP contribution is 2.52. The van der Waals surface area contributed by atoms with Crippen LogP contribution in [0.3, 0.4) is 0 Å². The third kappa shape index (κ3) is 4.04. The Balaban J connectivity index is 1.98. The first-order chi connectivity index (χ1) is 13.2. The third-order valence-electron chi connectivity index (χ3n) is 7.04. The Labute approximate surface area is 170 Å². The predicted octanol–water partition coefficient (Wildman–Crippen LogP) is 6.37. The molecule has 1 aromatic rings. The molecule has 0 saturated heterocycles. The van der Waals surface area contributed by atoms with Crippen molar-refractivity contribution in [3.63, 3.8) is 0 Å². The van der Waals surface area contributed by atoms with Crippen molar-refractivity contribution in [2.75, 3.05) is 0 Å². The molecular formula is C25H36O3. The number of Topliss-reactive ketones (excluding diaryl/α,β-unsaturated/α-hetero) is 1. The van der Waals surface area contributed by atoms with E-state index >= 15 is 0 Å². The van der Waals surface area contributed by atoms with Gasteiger partial charge in [0, 0.05) is 35.8 Å². The maximum atomic E-state index is 12.2. The molecular weight excluding hydrogens is 348 g/mol. The Kier molecular flexibility index (Phi) is 6.03. The minimum Gasteiger partial charge on any atom is -0.487 e. The molecule has 28 heavy (non-hydrogen) atoms. The van der Waals surface area contributed by atoms with Crippen molar-refractivity contribution in [2.45, 2.75) is 103 Å². The zero-order valence-electron chi connectivity index (χ0n) is 18.3. The first-order valence-electron chi connectivity index (χ1n) is 11.0. The van der Waals surface area contributed by atoms with Crippen LogP contribution in [0.5, 0.6) is 5.75 Å².